The summed E-state index contributed by atoms with van der Waals surface area (Å²) >= 11 is 6.41. The molecule has 0 spiro atoms. The number of alkyl halides is 6. The van der Waals surface area contributed by atoms with E-state index < -0.39 is 23.8 Å². The minimum atomic E-state index is -4.58. The number of aromatic nitrogens is 2. The van der Waals surface area contributed by atoms with E-state index in [2.05, 4.69) is 10.3 Å². The molecule has 0 aliphatic carbocycles. The zero-order valence-electron chi connectivity index (χ0n) is 18.1. The molecule has 0 bridgehead atoms. The van der Waals surface area contributed by atoms with Gasteiger partial charge in [0, 0.05) is 26.7 Å². The maximum Gasteiger partial charge on any atom is 0.418 e. The van der Waals surface area contributed by atoms with Crippen molar-refractivity contribution in [1.29, 1.82) is 0 Å². The van der Waals surface area contributed by atoms with E-state index >= 15 is 0 Å². The van der Waals surface area contributed by atoms with Gasteiger partial charge >= 0.3 is 12.4 Å². The topological polar surface area (TPSA) is 59.1 Å². The van der Waals surface area contributed by atoms with Gasteiger partial charge in [-0.2, -0.15) is 26.3 Å². The van der Waals surface area contributed by atoms with Crippen molar-refractivity contribution in [3.63, 3.8) is 0 Å². The van der Waals surface area contributed by atoms with E-state index in [4.69, 9.17) is 17.3 Å². The fourth-order valence-corrected chi connectivity index (χ4v) is 4.47. The van der Waals surface area contributed by atoms with E-state index in [9.17, 15) is 26.3 Å². The van der Waals surface area contributed by atoms with Gasteiger partial charge in [-0.15, -0.1) is 0 Å². The van der Waals surface area contributed by atoms with Crippen LogP contribution in [0.1, 0.15) is 24.0 Å². The van der Waals surface area contributed by atoms with Crippen LogP contribution in [0.15, 0.2) is 30.3 Å². The highest BCUT2D eigenvalue weighted by Gasteiger charge is 2.41. The van der Waals surface area contributed by atoms with E-state index in [1.807, 2.05) is 0 Å². The predicted octanol–water partition coefficient (Wildman–Crippen LogP) is 6.23. The Labute approximate surface area is 196 Å². The highest BCUT2D eigenvalue weighted by molar-refractivity contribution is 6.34. The Morgan fingerprint density at radius 3 is 2.35 bits per heavy atom. The molecule has 184 valence electrons. The number of aryl methyl sites for hydroxylation is 1. The summed E-state index contributed by atoms with van der Waals surface area (Å²) in [6.45, 7) is 0.456. The molecular formula is C22H22ClF6N5. The Balaban J connectivity index is 1.66. The van der Waals surface area contributed by atoms with Gasteiger partial charge in [-0.05, 0) is 42.7 Å². The third kappa shape index (κ3) is 4.76. The Hall–Kier alpha value is -2.66. The summed E-state index contributed by atoms with van der Waals surface area (Å²) in [6, 6.07) is 6.87. The van der Waals surface area contributed by atoms with Crippen molar-refractivity contribution in [3.05, 3.63) is 46.5 Å². The summed E-state index contributed by atoms with van der Waals surface area (Å²) in [4.78, 5) is 6.17. The molecule has 5 nitrogen and oxygen atoms in total. The first-order valence-electron chi connectivity index (χ1n) is 10.5. The predicted molar refractivity (Wildman–Crippen MR) is 119 cm³/mol. The molecule has 1 aliphatic heterocycles. The fraction of sp³-hybridized carbons (Fsp3) is 0.409. The molecule has 4 rings (SSSR count). The number of nitrogens with zero attached hydrogens (tertiary/aromatic N) is 3. The average Bonchev–Trinajstić information content (AvgIpc) is 3.06. The molecule has 3 N–H and O–H groups in total. The van der Waals surface area contributed by atoms with Crippen LogP contribution in [0.25, 0.3) is 11.0 Å². The monoisotopic (exact) mass is 505 g/mol. The van der Waals surface area contributed by atoms with E-state index in [1.54, 1.807) is 28.6 Å². The van der Waals surface area contributed by atoms with Crippen LogP contribution in [0, 0.1) is 5.92 Å². The number of hydrogen-bond acceptors (Lipinski definition) is 4. The first-order valence-corrected chi connectivity index (χ1v) is 10.9. The summed E-state index contributed by atoms with van der Waals surface area (Å²) in [7, 11) is 1.63. The lowest BCUT2D eigenvalue weighted by molar-refractivity contribution is -0.179. The second-order valence-electron chi connectivity index (χ2n) is 8.30. The highest BCUT2D eigenvalue weighted by atomic mass is 35.5. The molecule has 1 fully saturated rings. The third-order valence-electron chi connectivity index (χ3n) is 6.12. The molecule has 12 heteroatoms. The number of rotatable bonds is 4. The van der Waals surface area contributed by atoms with Crippen LogP contribution in [0.4, 0.5) is 43.7 Å². The van der Waals surface area contributed by atoms with Crippen LogP contribution in [-0.4, -0.2) is 28.8 Å². The van der Waals surface area contributed by atoms with Crippen molar-refractivity contribution in [2.45, 2.75) is 31.7 Å². The van der Waals surface area contributed by atoms with Crippen LogP contribution in [0.2, 0.25) is 5.02 Å². The zero-order chi connectivity index (χ0) is 24.8. The van der Waals surface area contributed by atoms with Crippen molar-refractivity contribution in [2.75, 3.05) is 23.3 Å². The molecule has 2 aromatic carbocycles. The maximum absolute atomic E-state index is 13.5. The maximum atomic E-state index is 13.5. The quantitative estimate of drug-likeness (QED) is 0.413. The van der Waals surface area contributed by atoms with Crippen molar-refractivity contribution < 1.29 is 26.3 Å². The smallest absolute Gasteiger partial charge is 0.370 e. The molecule has 0 unspecified atom stereocenters. The van der Waals surface area contributed by atoms with Gasteiger partial charge in [-0.1, -0.05) is 17.7 Å². The number of imidazole rings is 1. The Morgan fingerprint density at radius 2 is 1.76 bits per heavy atom. The SMILES string of the molecule is Cn1c(Nc2cc(CN)ccc2C(F)(F)F)nc2cc(Cl)c(N3CCC(C(F)(F)F)CC3)cc21. The standard InChI is InChI=1S/C22H22ClF6N5/c1-33-19-10-18(34-6-4-13(5-7-34)21(24,25)26)15(23)9-17(19)32-20(33)31-16-8-12(11-30)2-3-14(16)22(27,28)29/h2-3,8-10,13H,4-7,11,30H2,1H3,(H,31,32). The van der Waals surface area contributed by atoms with Crippen LogP contribution in [0.5, 0.6) is 0 Å². The Bertz CT molecular complexity index is 1200. The van der Waals surface area contributed by atoms with E-state index in [-0.39, 0.29) is 44.1 Å². The Morgan fingerprint density at radius 1 is 1.09 bits per heavy atom. The highest BCUT2D eigenvalue weighted by Crippen LogP contribution is 2.40. The number of hydrogen-bond donors (Lipinski definition) is 2. The number of fused-ring (bicyclic) bond motifs is 1. The van der Waals surface area contributed by atoms with Crippen LogP contribution < -0.4 is 16.0 Å². The van der Waals surface area contributed by atoms with Gasteiger partial charge < -0.3 is 20.5 Å². The number of nitrogens with one attached hydrogen (secondary N) is 1. The summed E-state index contributed by atoms with van der Waals surface area (Å²) < 4.78 is 81.1. The number of benzene rings is 2. The lowest BCUT2D eigenvalue weighted by Gasteiger charge is -2.34. The summed E-state index contributed by atoms with van der Waals surface area (Å²) in [6.07, 6.45) is -8.88. The molecule has 0 saturated carbocycles. The van der Waals surface area contributed by atoms with Gasteiger partial charge in [0.25, 0.3) is 0 Å². The van der Waals surface area contributed by atoms with Gasteiger partial charge in [0.2, 0.25) is 5.95 Å². The number of halogens is 7. The van der Waals surface area contributed by atoms with E-state index in [1.165, 1.54) is 12.1 Å². The zero-order valence-corrected chi connectivity index (χ0v) is 18.8. The molecule has 2 heterocycles. The van der Waals surface area contributed by atoms with E-state index in [0.717, 1.165) is 6.07 Å². The number of piperidine rings is 1. The molecule has 0 amide bonds. The molecule has 34 heavy (non-hydrogen) atoms. The van der Waals surface area contributed by atoms with Crippen LogP contribution in [0.3, 0.4) is 0 Å². The summed E-state index contributed by atoms with van der Waals surface area (Å²) in [5.74, 6) is -1.19. The van der Waals surface area contributed by atoms with Gasteiger partial charge in [0.05, 0.1) is 38.9 Å². The van der Waals surface area contributed by atoms with Gasteiger partial charge in [-0.25, -0.2) is 4.98 Å². The van der Waals surface area contributed by atoms with Crippen LogP contribution >= 0.6 is 11.6 Å². The van der Waals surface area contributed by atoms with Crippen LogP contribution in [-0.2, 0) is 19.8 Å². The molecule has 1 aromatic heterocycles. The van der Waals surface area contributed by atoms with E-state index in [0.29, 0.717) is 27.3 Å². The summed E-state index contributed by atoms with van der Waals surface area (Å²) in [5.41, 5.74) is 6.63. The van der Waals surface area contributed by atoms with Crippen molar-refractivity contribution in [2.24, 2.45) is 18.7 Å². The molecule has 1 aliphatic rings. The summed E-state index contributed by atoms with van der Waals surface area (Å²) in [5, 5.41) is 3.06. The van der Waals surface area contributed by atoms with Gasteiger partial charge in [0.1, 0.15) is 0 Å². The lowest BCUT2D eigenvalue weighted by atomic mass is 9.96. The van der Waals surface area contributed by atoms with Crippen molar-refractivity contribution >= 4 is 40.0 Å². The molecule has 1 saturated heterocycles. The van der Waals surface area contributed by atoms with Crippen molar-refractivity contribution in [3.8, 4) is 0 Å². The minimum absolute atomic E-state index is 0.0340. The minimum Gasteiger partial charge on any atom is -0.370 e. The lowest BCUT2D eigenvalue weighted by Crippen LogP contribution is -2.39. The largest absolute Gasteiger partial charge is 0.418 e. The molecule has 0 atom stereocenters. The first-order chi connectivity index (χ1) is 15.9. The second kappa shape index (κ2) is 8.84. The van der Waals surface area contributed by atoms with Gasteiger partial charge in [0.15, 0.2) is 0 Å². The Kier molecular flexibility index (Phi) is 6.36. The normalized spacial score (nSPS) is 15.9. The molecular weight excluding hydrogens is 484 g/mol. The first kappa shape index (κ1) is 24.5. The van der Waals surface area contributed by atoms with Gasteiger partial charge in [-0.3, -0.25) is 0 Å². The number of nitrogens with two attached hydrogens (primary N) is 1. The average molecular weight is 506 g/mol. The molecule has 0 radical (unpaired) electrons. The molecule has 3 aromatic rings. The number of anilines is 3. The second-order valence-corrected chi connectivity index (χ2v) is 8.70. The van der Waals surface area contributed by atoms with Crippen molar-refractivity contribution in [1.82, 2.24) is 9.55 Å². The third-order valence-corrected chi connectivity index (χ3v) is 6.42. The fourth-order valence-electron chi connectivity index (χ4n) is 4.19.